The van der Waals surface area contributed by atoms with Gasteiger partial charge in [0.2, 0.25) is 0 Å². The Bertz CT molecular complexity index is 690. The Labute approximate surface area is 126 Å². The molecule has 0 bridgehead atoms. The first kappa shape index (κ1) is 14.5. The summed E-state index contributed by atoms with van der Waals surface area (Å²) in [7, 11) is -3.42. The lowest BCUT2D eigenvalue weighted by Gasteiger charge is -2.37. The number of sulfone groups is 1. The molecule has 4 heteroatoms. The Balaban J connectivity index is 2.05. The molecule has 21 heavy (non-hydrogen) atoms. The van der Waals surface area contributed by atoms with Crippen molar-refractivity contribution in [3.63, 3.8) is 0 Å². The quantitative estimate of drug-likeness (QED) is 0.789. The van der Waals surface area contributed by atoms with Gasteiger partial charge in [-0.1, -0.05) is 30.4 Å². The van der Waals surface area contributed by atoms with Crippen molar-refractivity contribution in [2.75, 3.05) is 0 Å². The molecular formula is C17H20O3S. The topological polar surface area (TPSA) is 51.2 Å². The predicted molar refractivity (Wildman–Crippen MR) is 81.6 cm³/mol. The molecule has 0 saturated heterocycles. The number of hydrogen-bond acceptors (Lipinski definition) is 3. The van der Waals surface area contributed by atoms with E-state index in [1.54, 1.807) is 30.3 Å². The van der Waals surface area contributed by atoms with Gasteiger partial charge in [-0.2, -0.15) is 0 Å². The number of fused-ring (bicyclic) bond motifs is 1. The highest BCUT2D eigenvalue weighted by molar-refractivity contribution is 7.92. The molecule has 0 unspecified atom stereocenters. The van der Waals surface area contributed by atoms with Crippen molar-refractivity contribution >= 4 is 15.6 Å². The summed E-state index contributed by atoms with van der Waals surface area (Å²) >= 11 is 0. The SMILES string of the molecule is C=C1C[C@H](S(=O)(=O)c2ccccc2)[C@H]2CCCC(=O)[C@]12C. The number of carbonyl (C=O) groups is 1. The Hall–Kier alpha value is -1.42. The summed E-state index contributed by atoms with van der Waals surface area (Å²) in [5, 5.41) is -0.512. The van der Waals surface area contributed by atoms with Crippen molar-refractivity contribution < 1.29 is 13.2 Å². The van der Waals surface area contributed by atoms with E-state index in [4.69, 9.17) is 0 Å². The predicted octanol–water partition coefficient (Wildman–Crippen LogP) is 3.16. The second-order valence-electron chi connectivity index (χ2n) is 6.33. The maximum Gasteiger partial charge on any atom is 0.181 e. The standard InChI is InChI=1S/C17H20O3S/c1-12-11-15(14-9-6-10-16(18)17(12,14)2)21(19,20)13-7-4-3-5-8-13/h3-5,7-8,14-15H,1,6,9-11H2,2H3/t14-,15+,17-/m1/s1. The van der Waals surface area contributed by atoms with Gasteiger partial charge < -0.3 is 0 Å². The molecular weight excluding hydrogens is 284 g/mol. The average molecular weight is 304 g/mol. The Morgan fingerprint density at radius 2 is 1.90 bits per heavy atom. The summed E-state index contributed by atoms with van der Waals surface area (Å²) in [4.78, 5) is 12.7. The van der Waals surface area contributed by atoms with E-state index in [1.807, 2.05) is 6.92 Å². The summed E-state index contributed by atoms with van der Waals surface area (Å²) in [6.45, 7) is 5.92. The fraction of sp³-hybridized carbons (Fsp3) is 0.471. The van der Waals surface area contributed by atoms with Gasteiger partial charge in [-0.15, -0.1) is 0 Å². The van der Waals surface area contributed by atoms with Gasteiger partial charge in [0, 0.05) is 6.42 Å². The van der Waals surface area contributed by atoms with Crippen molar-refractivity contribution in [3.8, 4) is 0 Å². The Morgan fingerprint density at radius 1 is 1.24 bits per heavy atom. The Morgan fingerprint density at radius 3 is 2.57 bits per heavy atom. The fourth-order valence-electron chi connectivity index (χ4n) is 3.96. The molecule has 1 aromatic rings. The van der Waals surface area contributed by atoms with E-state index in [9.17, 15) is 13.2 Å². The largest absolute Gasteiger partial charge is 0.299 e. The van der Waals surface area contributed by atoms with Gasteiger partial charge in [0.15, 0.2) is 9.84 Å². The van der Waals surface area contributed by atoms with Gasteiger partial charge in [0.25, 0.3) is 0 Å². The molecule has 112 valence electrons. The minimum atomic E-state index is -3.42. The molecule has 2 fully saturated rings. The van der Waals surface area contributed by atoms with Crippen molar-refractivity contribution in [3.05, 3.63) is 42.5 Å². The van der Waals surface area contributed by atoms with Gasteiger partial charge in [-0.25, -0.2) is 8.42 Å². The average Bonchev–Trinajstić information content (AvgIpc) is 2.75. The number of allylic oxidation sites excluding steroid dienone is 1. The van der Waals surface area contributed by atoms with Crippen LogP contribution >= 0.6 is 0 Å². The summed E-state index contributed by atoms with van der Waals surface area (Å²) in [5.41, 5.74) is 0.145. The molecule has 0 aromatic heterocycles. The highest BCUT2D eigenvalue weighted by atomic mass is 32.2. The van der Waals surface area contributed by atoms with E-state index < -0.39 is 20.5 Å². The molecule has 0 spiro atoms. The number of Topliss-reactive ketones (excluding diaryl/α,β-unsaturated/α-hetero) is 1. The zero-order chi connectivity index (χ0) is 15.3. The molecule has 3 rings (SSSR count). The van der Waals surface area contributed by atoms with Crippen LogP contribution in [0.1, 0.15) is 32.6 Å². The molecule has 0 heterocycles. The lowest BCUT2D eigenvalue weighted by Crippen LogP contribution is -2.41. The molecule has 2 aliphatic rings. The minimum Gasteiger partial charge on any atom is -0.299 e. The van der Waals surface area contributed by atoms with Crippen molar-refractivity contribution in [2.24, 2.45) is 11.3 Å². The fourth-order valence-corrected chi connectivity index (χ4v) is 6.11. The maximum absolute atomic E-state index is 12.9. The normalized spacial score (nSPS) is 33.0. The molecule has 0 N–H and O–H groups in total. The third kappa shape index (κ3) is 2.00. The smallest absolute Gasteiger partial charge is 0.181 e. The zero-order valence-corrected chi connectivity index (χ0v) is 13.0. The van der Waals surface area contributed by atoms with Crippen LogP contribution in [0.5, 0.6) is 0 Å². The molecule has 0 radical (unpaired) electrons. The van der Waals surface area contributed by atoms with Gasteiger partial charge in [0.1, 0.15) is 5.78 Å². The molecule has 2 aliphatic carbocycles. The highest BCUT2D eigenvalue weighted by Gasteiger charge is 2.57. The third-order valence-corrected chi connectivity index (χ3v) is 7.56. The maximum atomic E-state index is 12.9. The van der Waals surface area contributed by atoms with Crippen LogP contribution in [0, 0.1) is 11.3 Å². The van der Waals surface area contributed by atoms with E-state index in [2.05, 4.69) is 6.58 Å². The van der Waals surface area contributed by atoms with E-state index in [-0.39, 0.29) is 11.7 Å². The molecule has 2 saturated carbocycles. The second kappa shape index (κ2) is 4.80. The lowest BCUT2D eigenvalue weighted by molar-refractivity contribution is -0.130. The first-order chi connectivity index (χ1) is 9.88. The first-order valence-electron chi connectivity index (χ1n) is 7.39. The van der Waals surface area contributed by atoms with Gasteiger partial charge >= 0.3 is 0 Å². The van der Waals surface area contributed by atoms with Crippen LogP contribution in [0.4, 0.5) is 0 Å². The first-order valence-corrected chi connectivity index (χ1v) is 8.93. The number of carbonyl (C=O) groups excluding carboxylic acids is 1. The van der Waals surface area contributed by atoms with Crippen LogP contribution in [0.2, 0.25) is 0 Å². The zero-order valence-electron chi connectivity index (χ0n) is 12.2. The minimum absolute atomic E-state index is 0.128. The number of hydrogen-bond donors (Lipinski definition) is 0. The lowest BCUT2D eigenvalue weighted by atomic mass is 9.67. The van der Waals surface area contributed by atoms with Gasteiger partial charge in [-0.05, 0) is 44.2 Å². The summed E-state index contributed by atoms with van der Waals surface area (Å²) in [6, 6.07) is 8.56. The van der Waals surface area contributed by atoms with Crippen LogP contribution < -0.4 is 0 Å². The van der Waals surface area contributed by atoms with Crippen LogP contribution in [-0.4, -0.2) is 19.5 Å². The van der Waals surface area contributed by atoms with E-state index in [0.29, 0.717) is 17.7 Å². The summed E-state index contributed by atoms with van der Waals surface area (Å²) in [6.07, 6.45) is 2.53. The van der Waals surface area contributed by atoms with Crippen LogP contribution in [-0.2, 0) is 14.6 Å². The third-order valence-electron chi connectivity index (χ3n) is 5.34. The molecule has 3 atom stereocenters. The molecule has 3 nitrogen and oxygen atoms in total. The van der Waals surface area contributed by atoms with Crippen LogP contribution in [0.3, 0.4) is 0 Å². The second-order valence-corrected chi connectivity index (χ2v) is 8.50. The monoisotopic (exact) mass is 304 g/mol. The van der Waals surface area contributed by atoms with E-state index in [1.165, 1.54) is 0 Å². The summed E-state index contributed by atoms with van der Waals surface area (Å²) < 4.78 is 25.9. The molecule has 0 amide bonds. The molecule has 1 aromatic carbocycles. The molecule has 0 aliphatic heterocycles. The van der Waals surface area contributed by atoms with Gasteiger partial charge in [0.05, 0.1) is 15.6 Å². The number of ketones is 1. The Kier molecular flexibility index (Phi) is 3.32. The van der Waals surface area contributed by atoms with E-state index in [0.717, 1.165) is 18.4 Å². The summed E-state index contributed by atoms with van der Waals surface area (Å²) in [5.74, 6) is 0.0333. The number of rotatable bonds is 2. The highest BCUT2D eigenvalue weighted by Crippen LogP contribution is 2.55. The van der Waals surface area contributed by atoms with Crippen LogP contribution in [0.15, 0.2) is 47.4 Å². The van der Waals surface area contributed by atoms with Crippen LogP contribution in [0.25, 0.3) is 0 Å². The van der Waals surface area contributed by atoms with Crippen molar-refractivity contribution in [2.45, 2.75) is 42.8 Å². The van der Waals surface area contributed by atoms with E-state index >= 15 is 0 Å². The van der Waals surface area contributed by atoms with Crippen molar-refractivity contribution in [1.82, 2.24) is 0 Å². The van der Waals surface area contributed by atoms with Gasteiger partial charge in [-0.3, -0.25) is 4.79 Å². The number of benzene rings is 1. The van der Waals surface area contributed by atoms with Crippen molar-refractivity contribution in [1.29, 1.82) is 0 Å².